The largest absolute Gasteiger partial charge is 0.478 e. The lowest BCUT2D eigenvalue weighted by atomic mass is 10.3. The van der Waals surface area contributed by atoms with Gasteiger partial charge in [-0.3, -0.25) is 4.79 Å². The van der Waals surface area contributed by atoms with Crippen LogP contribution in [0.3, 0.4) is 0 Å². The van der Waals surface area contributed by atoms with Crippen molar-refractivity contribution in [3.8, 4) is 5.88 Å². The predicted molar refractivity (Wildman–Crippen MR) is 63.1 cm³/mol. The van der Waals surface area contributed by atoms with Gasteiger partial charge in [0, 0.05) is 6.54 Å². The average molecular weight is 239 g/mol. The molecule has 0 saturated heterocycles. The van der Waals surface area contributed by atoms with Gasteiger partial charge in [0.25, 0.3) is 0 Å². The molecule has 0 aliphatic heterocycles. The molecular weight excluding hydrogens is 222 g/mol. The number of carbonyl (C=O) groups excluding carboxylic acids is 1. The first-order chi connectivity index (χ1) is 8.19. The van der Waals surface area contributed by atoms with E-state index in [0.29, 0.717) is 31.3 Å². The second-order valence-electron chi connectivity index (χ2n) is 3.34. The molecule has 0 fully saturated rings. The summed E-state index contributed by atoms with van der Waals surface area (Å²) in [6, 6.07) is 0. The average Bonchev–Trinajstić information content (AvgIpc) is 2.33. The van der Waals surface area contributed by atoms with Crippen molar-refractivity contribution in [3.63, 3.8) is 0 Å². The summed E-state index contributed by atoms with van der Waals surface area (Å²) in [5, 5.41) is 3.05. The Hall–Kier alpha value is -1.85. The maximum atomic E-state index is 10.9. The number of anilines is 1. The molecule has 0 aliphatic rings. The SMILES string of the molecule is CCOc1ncnc(NCCC(=O)OC)c1C. The second-order valence-corrected chi connectivity index (χ2v) is 3.34. The van der Waals surface area contributed by atoms with Crippen molar-refractivity contribution in [2.75, 3.05) is 25.6 Å². The number of esters is 1. The molecule has 0 bridgehead atoms. The van der Waals surface area contributed by atoms with Gasteiger partial charge in [-0.25, -0.2) is 9.97 Å². The minimum absolute atomic E-state index is 0.255. The Morgan fingerprint density at radius 3 is 2.88 bits per heavy atom. The van der Waals surface area contributed by atoms with E-state index in [1.54, 1.807) is 0 Å². The minimum Gasteiger partial charge on any atom is -0.478 e. The Kier molecular flexibility index (Phi) is 5.19. The summed E-state index contributed by atoms with van der Waals surface area (Å²) in [5.74, 6) is 0.977. The molecule has 0 saturated carbocycles. The topological polar surface area (TPSA) is 73.3 Å². The van der Waals surface area contributed by atoms with Crippen LogP contribution in [0, 0.1) is 6.92 Å². The molecule has 0 spiro atoms. The van der Waals surface area contributed by atoms with Crippen LogP contribution >= 0.6 is 0 Å². The molecule has 1 N–H and O–H groups in total. The first kappa shape index (κ1) is 13.2. The van der Waals surface area contributed by atoms with Crippen LogP contribution in [0.15, 0.2) is 6.33 Å². The van der Waals surface area contributed by atoms with Gasteiger partial charge in [-0.15, -0.1) is 0 Å². The highest BCUT2D eigenvalue weighted by molar-refractivity contribution is 5.69. The molecule has 0 unspecified atom stereocenters. The van der Waals surface area contributed by atoms with Crippen molar-refractivity contribution < 1.29 is 14.3 Å². The molecule has 1 rings (SSSR count). The van der Waals surface area contributed by atoms with E-state index in [0.717, 1.165) is 5.56 Å². The van der Waals surface area contributed by atoms with Gasteiger partial charge in [0.1, 0.15) is 12.1 Å². The molecular formula is C11H17N3O3. The number of nitrogens with one attached hydrogen (secondary N) is 1. The number of rotatable bonds is 6. The molecule has 0 radical (unpaired) electrons. The maximum Gasteiger partial charge on any atom is 0.307 e. The van der Waals surface area contributed by atoms with Crippen molar-refractivity contribution in [2.24, 2.45) is 0 Å². The van der Waals surface area contributed by atoms with E-state index in [-0.39, 0.29) is 5.97 Å². The van der Waals surface area contributed by atoms with E-state index < -0.39 is 0 Å². The highest BCUT2D eigenvalue weighted by Crippen LogP contribution is 2.19. The van der Waals surface area contributed by atoms with Crippen LogP contribution in [0.4, 0.5) is 5.82 Å². The molecule has 0 atom stereocenters. The smallest absolute Gasteiger partial charge is 0.307 e. The van der Waals surface area contributed by atoms with Crippen molar-refractivity contribution in [3.05, 3.63) is 11.9 Å². The Labute approximate surface area is 100 Å². The fourth-order valence-electron chi connectivity index (χ4n) is 1.28. The Morgan fingerprint density at radius 1 is 1.47 bits per heavy atom. The van der Waals surface area contributed by atoms with Gasteiger partial charge in [0.05, 0.1) is 25.7 Å². The molecule has 94 valence electrons. The van der Waals surface area contributed by atoms with Gasteiger partial charge in [-0.05, 0) is 13.8 Å². The summed E-state index contributed by atoms with van der Waals surface area (Å²) in [6.45, 7) is 4.78. The van der Waals surface area contributed by atoms with E-state index >= 15 is 0 Å². The van der Waals surface area contributed by atoms with Crippen molar-refractivity contribution >= 4 is 11.8 Å². The summed E-state index contributed by atoms with van der Waals surface area (Å²) in [6.07, 6.45) is 1.72. The standard InChI is InChI=1S/C11H17N3O3/c1-4-17-11-8(2)10(13-7-14-11)12-6-5-9(15)16-3/h7H,4-6H2,1-3H3,(H,12,13,14). The van der Waals surface area contributed by atoms with Crippen LogP contribution in [0.2, 0.25) is 0 Å². The number of nitrogens with zero attached hydrogens (tertiary/aromatic N) is 2. The maximum absolute atomic E-state index is 10.9. The van der Waals surface area contributed by atoms with Gasteiger partial charge in [-0.2, -0.15) is 0 Å². The fraction of sp³-hybridized carbons (Fsp3) is 0.545. The molecule has 6 heteroatoms. The predicted octanol–water partition coefficient (Wildman–Crippen LogP) is 1.16. The third-order valence-electron chi connectivity index (χ3n) is 2.17. The summed E-state index contributed by atoms with van der Waals surface area (Å²) >= 11 is 0. The molecule has 0 amide bonds. The zero-order valence-electron chi connectivity index (χ0n) is 10.3. The van der Waals surface area contributed by atoms with Gasteiger partial charge in [0.15, 0.2) is 0 Å². The minimum atomic E-state index is -0.255. The third-order valence-corrected chi connectivity index (χ3v) is 2.17. The highest BCUT2D eigenvalue weighted by atomic mass is 16.5. The third kappa shape index (κ3) is 3.90. The Balaban J connectivity index is 2.59. The molecule has 1 aromatic rings. The zero-order chi connectivity index (χ0) is 12.7. The van der Waals surface area contributed by atoms with E-state index in [1.807, 2.05) is 13.8 Å². The quantitative estimate of drug-likeness (QED) is 0.751. The number of hydrogen-bond donors (Lipinski definition) is 1. The summed E-state index contributed by atoms with van der Waals surface area (Å²) in [7, 11) is 1.37. The fourth-order valence-corrected chi connectivity index (χ4v) is 1.28. The molecule has 0 aliphatic carbocycles. The van der Waals surface area contributed by atoms with E-state index in [4.69, 9.17) is 4.74 Å². The molecule has 6 nitrogen and oxygen atoms in total. The van der Waals surface area contributed by atoms with Gasteiger partial charge < -0.3 is 14.8 Å². The van der Waals surface area contributed by atoms with Crippen molar-refractivity contribution in [2.45, 2.75) is 20.3 Å². The first-order valence-electron chi connectivity index (χ1n) is 5.44. The summed E-state index contributed by atoms with van der Waals surface area (Å²) < 4.78 is 9.89. The van der Waals surface area contributed by atoms with Gasteiger partial charge >= 0.3 is 5.97 Å². The number of methoxy groups -OCH3 is 1. The van der Waals surface area contributed by atoms with Crippen LogP contribution < -0.4 is 10.1 Å². The van der Waals surface area contributed by atoms with Crippen LogP contribution in [-0.2, 0) is 9.53 Å². The van der Waals surface area contributed by atoms with Crippen LogP contribution in [0.25, 0.3) is 0 Å². The van der Waals surface area contributed by atoms with Gasteiger partial charge in [-0.1, -0.05) is 0 Å². The summed E-state index contributed by atoms with van der Waals surface area (Å²) in [4.78, 5) is 19.0. The highest BCUT2D eigenvalue weighted by Gasteiger charge is 2.08. The van der Waals surface area contributed by atoms with Crippen LogP contribution in [0.5, 0.6) is 5.88 Å². The van der Waals surface area contributed by atoms with Crippen LogP contribution in [-0.4, -0.2) is 36.2 Å². The van der Waals surface area contributed by atoms with Crippen molar-refractivity contribution in [1.29, 1.82) is 0 Å². The second kappa shape index (κ2) is 6.67. The molecule has 0 aromatic carbocycles. The molecule has 1 aromatic heterocycles. The molecule has 1 heterocycles. The molecule has 17 heavy (non-hydrogen) atoms. The monoisotopic (exact) mass is 239 g/mol. The number of carbonyl (C=O) groups is 1. The lowest BCUT2D eigenvalue weighted by molar-refractivity contribution is -0.140. The lowest BCUT2D eigenvalue weighted by Crippen LogP contribution is -2.12. The lowest BCUT2D eigenvalue weighted by Gasteiger charge is -2.10. The van der Waals surface area contributed by atoms with E-state index in [2.05, 4.69) is 20.0 Å². The normalized spacial score (nSPS) is 9.82. The Bertz CT molecular complexity index is 382. The Morgan fingerprint density at radius 2 is 2.24 bits per heavy atom. The van der Waals surface area contributed by atoms with Gasteiger partial charge in [0.2, 0.25) is 5.88 Å². The number of aromatic nitrogens is 2. The first-order valence-corrected chi connectivity index (χ1v) is 5.44. The van der Waals surface area contributed by atoms with Crippen LogP contribution in [0.1, 0.15) is 18.9 Å². The van der Waals surface area contributed by atoms with E-state index in [9.17, 15) is 4.79 Å². The zero-order valence-corrected chi connectivity index (χ0v) is 10.3. The number of ether oxygens (including phenoxy) is 2. The summed E-state index contributed by atoms with van der Waals surface area (Å²) in [5.41, 5.74) is 0.833. The number of hydrogen-bond acceptors (Lipinski definition) is 6. The van der Waals surface area contributed by atoms with Crippen molar-refractivity contribution in [1.82, 2.24) is 9.97 Å². The van der Waals surface area contributed by atoms with E-state index in [1.165, 1.54) is 13.4 Å².